The number of ether oxygens (including phenoxy) is 1. The first-order chi connectivity index (χ1) is 14.9. The van der Waals surface area contributed by atoms with Crippen LogP contribution in [0.1, 0.15) is 31.0 Å². The highest BCUT2D eigenvalue weighted by Crippen LogP contribution is 2.31. The van der Waals surface area contributed by atoms with Crippen molar-refractivity contribution in [1.29, 1.82) is 0 Å². The number of esters is 1. The molecule has 1 atom stereocenters. The van der Waals surface area contributed by atoms with E-state index in [0.29, 0.717) is 26.2 Å². The van der Waals surface area contributed by atoms with Crippen LogP contribution in [0.5, 0.6) is 0 Å². The van der Waals surface area contributed by atoms with Crippen LogP contribution in [0.15, 0.2) is 74.1 Å². The molecular weight excluding hydrogens is 483 g/mol. The lowest BCUT2D eigenvalue weighted by atomic mass is 9.96. The van der Waals surface area contributed by atoms with Crippen molar-refractivity contribution in [2.75, 3.05) is 6.61 Å². The van der Waals surface area contributed by atoms with Gasteiger partial charge in [0.05, 0.1) is 28.5 Å². The molecule has 5 nitrogen and oxygen atoms in total. The number of thiazole rings is 1. The summed E-state index contributed by atoms with van der Waals surface area (Å²) in [7, 11) is 0. The minimum absolute atomic E-state index is 0.215. The number of rotatable bonds is 4. The van der Waals surface area contributed by atoms with Crippen LogP contribution in [0.25, 0.3) is 6.08 Å². The van der Waals surface area contributed by atoms with Gasteiger partial charge in [-0.3, -0.25) is 9.36 Å². The van der Waals surface area contributed by atoms with Crippen molar-refractivity contribution in [2.24, 2.45) is 4.99 Å². The SMILES string of the molecule is CCOC(=O)C1=C(C)N=c2sc(=Cc3cccc(F)c3)c(=O)n2C1c1ccc(Br)cc1. The van der Waals surface area contributed by atoms with E-state index < -0.39 is 12.0 Å². The van der Waals surface area contributed by atoms with Gasteiger partial charge in [-0.1, -0.05) is 51.5 Å². The highest BCUT2D eigenvalue weighted by molar-refractivity contribution is 9.10. The van der Waals surface area contributed by atoms with E-state index >= 15 is 0 Å². The van der Waals surface area contributed by atoms with Crippen LogP contribution in [0, 0.1) is 5.82 Å². The number of carbonyl (C=O) groups is 1. The Kier molecular flexibility index (Phi) is 6.02. The smallest absolute Gasteiger partial charge is 0.338 e. The van der Waals surface area contributed by atoms with Gasteiger partial charge in [0.1, 0.15) is 5.82 Å². The second-order valence-electron chi connectivity index (χ2n) is 6.91. The molecule has 0 saturated carbocycles. The van der Waals surface area contributed by atoms with E-state index in [0.717, 1.165) is 10.0 Å². The molecule has 0 N–H and O–H groups in total. The minimum Gasteiger partial charge on any atom is -0.463 e. The van der Waals surface area contributed by atoms with Gasteiger partial charge in [0.2, 0.25) is 0 Å². The third-order valence-electron chi connectivity index (χ3n) is 4.85. The highest BCUT2D eigenvalue weighted by atomic mass is 79.9. The van der Waals surface area contributed by atoms with E-state index in [1.54, 1.807) is 32.1 Å². The van der Waals surface area contributed by atoms with Crippen molar-refractivity contribution < 1.29 is 13.9 Å². The molecule has 1 aromatic heterocycles. The molecule has 4 rings (SSSR count). The molecular formula is C23H18BrFN2O3S. The Morgan fingerprint density at radius 2 is 2.03 bits per heavy atom. The Balaban J connectivity index is 1.96. The van der Waals surface area contributed by atoms with Gasteiger partial charge in [-0.2, -0.15) is 0 Å². The molecule has 2 heterocycles. The molecule has 8 heteroatoms. The molecule has 0 radical (unpaired) electrons. The van der Waals surface area contributed by atoms with Crippen molar-refractivity contribution >= 4 is 39.3 Å². The van der Waals surface area contributed by atoms with Gasteiger partial charge < -0.3 is 4.74 Å². The fourth-order valence-corrected chi connectivity index (χ4v) is 4.81. The van der Waals surface area contributed by atoms with Crippen LogP contribution in [-0.2, 0) is 9.53 Å². The third-order valence-corrected chi connectivity index (χ3v) is 6.36. The first kappa shape index (κ1) is 21.4. The molecule has 0 aliphatic carbocycles. The Hall–Kier alpha value is -2.84. The average molecular weight is 501 g/mol. The fraction of sp³-hybridized carbons (Fsp3) is 0.174. The van der Waals surface area contributed by atoms with Crippen molar-refractivity contribution in [3.8, 4) is 0 Å². The maximum Gasteiger partial charge on any atom is 0.338 e. The standard InChI is InChI=1S/C23H18BrFN2O3S/c1-3-30-22(29)19-13(2)26-23-27(20(19)15-7-9-16(24)10-8-15)21(28)18(31-23)12-14-5-4-6-17(25)11-14/h4-12,20H,3H2,1-2H3. The number of halogens is 2. The summed E-state index contributed by atoms with van der Waals surface area (Å²) in [6.07, 6.45) is 1.63. The van der Waals surface area contributed by atoms with Gasteiger partial charge >= 0.3 is 5.97 Å². The van der Waals surface area contributed by atoms with E-state index in [4.69, 9.17) is 4.74 Å². The second-order valence-corrected chi connectivity index (χ2v) is 8.83. The molecule has 31 heavy (non-hydrogen) atoms. The van der Waals surface area contributed by atoms with Crippen molar-refractivity contribution in [2.45, 2.75) is 19.9 Å². The van der Waals surface area contributed by atoms with Crippen molar-refractivity contribution in [1.82, 2.24) is 4.57 Å². The van der Waals surface area contributed by atoms with E-state index in [1.807, 2.05) is 24.3 Å². The van der Waals surface area contributed by atoms with Crippen LogP contribution in [-0.4, -0.2) is 17.1 Å². The van der Waals surface area contributed by atoms with Gasteiger partial charge in [0, 0.05) is 4.47 Å². The van der Waals surface area contributed by atoms with E-state index in [2.05, 4.69) is 20.9 Å². The summed E-state index contributed by atoms with van der Waals surface area (Å²) in [5, 5.41) is 0. The summed E-state index contributed by atoms with van der Waals surface area (Å²) < 4.78 is 21.7. The zero-order valence-corrected chi connectivity index (χ0v) is 19.2. The molecule has 158 valence electrons. The van der Waals surface area contributed by atoms with Gasteiger partial charge in [-0.15, -0.1) is 0 Å². The fourth-order valence-electron chi connectivity index (χ4n) is 3.50. The van der Waals surface area contributed by atoms with Crippen LogP contribution >= 0.6 is 27.3 Å². The quantitative estimate of drug-likeness (QED) is 0.513. The molecule has 0 amide bonds. The summed E-state index contributed by atoms with van der Waals surface area (Å²) >= 11 is 4.62. The maximum absolute atomic E-state index is 13.6. The Morgan fingerprint density at radius 3 is 2.71 bits per heavy atom. The molecule has 3 aromatic rings. The number of benzene rings is 2. The van der Waals surface area contributed by atoms with Crippen LogP contribution in [0.2, 0.25) is 0 Å². The summed E-state index contributed by atoms with van der Waals surface area (Å²) in [4.78, 5) is 31.2. The topological polar surface area (TPSA) is 60.7 Å². The first-order valence-corrected chi connectivity index (χ1v) is 11.2. The molecule has 1 aliphatic heterocycles. The third kappa shape index (κ3) is 4.18. The van der Waals surface area contributed by atoms with E-state index in [1.165, 1.54) is 28.0 Å². The molecule has 0 spiro atoms. The van der Waals surface area contributed by atoms with Crippen LogP contribution < -0.4 is 14.9 Å². The predicted octanol–water partition coefficient (Wildman–Crippen LogP) is 3.70. The Labute approximate surface area is 190 Å². The highest BCUT2D eigenvalue weighted by Gasteiger charge is 2.33. The maximum atomic E-state index is 13.6. The molecule has 1 unspecified atom stereocenters. The number of carbonyl (C=O) groups excluding carboxylic acids is 1. The lowest BCUT2D eigenvalue weighted by molar-refractivity contribution is -0.139. The number of nitrogens with zero attached hydrogens (tertiary/aromatic N) is 2. The monoisotopic (exact) mass is 500 g/mol. The molecule has 0 bridgehead atoms. The number of hydrogen-bond acceptors (Lipinski definition) is 5. The van der Waals surface area contributed by atoms with E-state index in [9.17, 15) is 14.0 Å². The zero-order valence-electron chi connectivity index (χ0n) is 16.8. The van der Waals surface area contributed by atoms with Gasteiger partial charge in [0.15, 0.2) is 4.80 Å². The summed E-state index contributed by atoms with van der Waals surface area (Å²) in [6, 6.07) is 12.8. The van der Waals surface area contributed by atoms with Crippen molar-refractivity contribution in [3.05, 3.63) is 101 Å². The normalized spacial score (nSPS) is 16.1. The van der Waals surface area contributed by atoms with Gasteiger partial charge in [-0.05, 0) is 55.3 Å². The van der Waals surface area contributed by atoms with Crippen molar-refractivity contribution in [3.63, 3.8) is 0 Å². The molecule has 0 saturated heterocycles. The average Bonchev–Trinajstić information content (AvgIpc) is 3.02. The van der Waals surface area contributed by atoms with Crippen LogP contribution in [0.4, 0.5) is 4.39 Å². The predicted molar refractivity (Wildman–Crippen MR) is 121 cm³/mol. The molecule has 1 aliphatic rings. The minimum atomic E-state index is -0.668. The number of allylic oxidation sites excluding steroid dienone is 1. The van der Waals surface area contributed by atoms with Crippen LogP contribution in [0.3, 0.4) is 0 Å². The lowest BCUT2D eigenvalue weighted by Gasteiger charge is -2.24. The summed E-state index contributed by atoms with van der Waals surface area (Å²) in [6.45, 7) is 3.69. The first-order valence-electron chi connectivity index (χ1n) is 9.59. The molecule has 0 fully saturated rings. The number of aromatic nitrogens is 1. The lowest BCUT2D eigenvalue weighted by Crippen LogP contribution is -2.39. The van der Waals surface area contributed by atoms with Gasteiger partial charge in [0.25, 0.3) is 5.56 Å². The number of hydrogen-bond donors (Lipinski definition) is 0. The summed E-state index contributed by atoms with van der Waals surface area (Å²) in [5.41, 5.74) is 1.87. The number of fused-ring (bicyclic) bond motifs is 1. The Bertz CT molecular complexity index is 1370. The largest absolute Gasteiger partial charge is 0.463 e. The second kappa shape index (κ2) is 8.72. The molecule has 2 aromatic carbocycles. The summed E-state index contributed by atoms with van der Waals surface area (Å²) in [5.74, 6) is -0.884. The Morgan fingerprint density at radius 1 is 1.29 bits per heavy atom. The zero-order chi connectivity index (χ0) is 22.1. The van der Waals surface area contributed by atoms with E-state index in [-0.39, 0.29) is 18.0 Å². The van der Waals surface area contributed by atoms with Gasteiger partial charge in [-0.25, -0.2) is 14.2 Å².